The average molecular weight is 437 g/mol. The number of fused-ring (bicyclic) bond motifs is 1. The van der Waals surface area contributed by atoms with Gasteiger partial charge in [-0.2, -0.15) is 0 Å². The summed E-state index contributed by atoms with van der Waals surface area (Å²) in [6, 6.07) is 7.26. The third kappa shape index (κ3) is 5.57. The quantitative estimate of drug-likeness (QED) is 0.682. The fourth-order valence-corrected chi connectivity index (χ4v) is 5.34. The number of benzene rings is 1. The fraction of sp³-hybridized carbons (Fsp3) is 0.524. The number of sulfone groups is 1. The maximum Gasteiger partial charge on any atom is 0.238 e. The number of rotatable bonds is 8. The van der Waals surface area contributed by atoms with Crippen molar-refractivity contribution in [1.82, 2.24) is 10.3 Å². The number of carbonyl (C=O) groups excluding carboxylic acids is 1. The molecule has 0 fully saturated rings. The van der Waals surface area contributed by atoms with E-state index in [0.717, 1.165) is 29.2 Å². The standard InChI is InChI=1S/C21H28N2O4S2/c1-14(2)8-9-20-22-16(12-28-20)13-29(25,26)15(3)21(24)23-18-10-11-27-19-7-5-4-6-17(18)19/h4-7,12,14-15,18H,8-11,13H2,1-3H3,(H,23,24). The Kier molecular flexibility index (Phi) is 6.95. The number of carbonyl (C=O) groups is 1. The van der Waals surface area contributed by atoms with Crippen molar-refractivity contribution in [3.63, 3.8) is 0 Å². The molecule has 0 saturated heterocycles. The summed E-state index contributed by atoms with van der Waals surface area (Å²) in [6.07, 6.45) is 2.48. The van der Waals surface area contributed by atoms with Crippen LogP contribution in [0.5, 0.6) is 5.75 Å². The highest BCUT2D eigenvalue weighted by Crippen LogP contribution is 2.31. The van der Waals surface area contributed by atoms with Crippen molar-refractivity contribution >= 4 is 27.1 Å². The largest absolute Gasteiger partial charge is 0.493 e. The summed E-state index contributed by atoms with van der Waals surface area (Å²) in [5.74, 6) is 0.604. The molecule has 0 bridgehead atoms. The van der Waals surface area contributed by atoms with Crippen LogP contribution in [0.15, 0.2) is 29.6 Å². The van der Waals surface area contributed by atoms with E-state index in [-0.39, 0.29) is 11.8 Å². The van der Waals surface area contributed by atoms with E-state index in [2.05, 4.69) is 24.1 Å². The summed E-state index contributed by atoms with van der Waals surface area (Å²) < 4.78 is 31.2. The van der Waals surface area contributed by atoms with E-state index in [1.54, 1.807) is 5.38 Å². The van der Waals surface area contributed by atoms with Crippen LogP contribution in [0.4, 0.5) is 0 Å². The first-order valence-electron chi connectivity index (χ1n) is 9.93. The normalized spacial score (nSPS) is 17.4. The van der Waals surface area contributed by atoms with Gasteiger partial charge in [0.2, 0.25) is 5.91 Å². The molecule has 0 spiro atoms. The molecule has 0 saturated carbocycles. The third-order valence-corrected chi connectivity index (χ3v) is 8.01. The molecule has 2 atom stereocenters. The number of ether oxygens (including phenoxy) is 1. The lowest BCUT2D eigenvalue weighted by Crippen LogP contribution is -2.41. The molecule has 8 heteroatoms. The van der Waals surface area contributed by atoms with Gasteiger partial charge in [-0.05, 0) is 31.7 Å². The van der Waals surface area contributed by atoms with Crippen LogP contribution in [0.3, 0.4) is 0 Å². The molecule has 1 aromatic heterocycles. The Morgan fingerprint density at radius 2 is 2.07 bits per heavy atom. The van der Waals surface area contributed by atoms with E-state index in [4.69, 9.17) is 4.74 Å². The Bertz CT molecular complexity index is 953. The van der Waals surface area contributed by atoms with E-state index >= 15 is 0 Å². The van der Waals surface area contributed by atoms with Gasteiger partial charge in [-0.25, -0.2) is 13.4 Å². The summed E-state index contributed by atoms with van der Waals surface area (Å²) >= 11 is 1.48. The van der Waals surface area contributed by atoms with E-state index in [1.165, 1.54) is 18.3 Å². The highest BCUT2D eigenvalue weighted by atomic mass is 32.2. The van der Waals surface area contributed by atoms with Gasteiger partial charge in [0.25, 0.3) is 0 Å². The van der Waals surface area contributed by atoms with Crippen LogP contribution in [0.2, 0.25) is 0 Å². The molecule has 6 nitrogen and oxygen atoms in total. The number of nitrogens with zero attached hydrogens (tertiary/aromatic N) is 1. The molecule has 29 heavy (non-hydrogen) atoms. The molecule has 1 aliphatic rings. The molecular weight excluding hydrogens is 408 g/mol. The van der Waals surface area contributed by atoms with Crippen molar-refractivity contribution in [3.8, 4) is 5.75 Å². The van der Waals surface area contributed by atoms with Gasteiger partial charge in [0.1, 0.15) is 11.0 Å². The number of nitrogens with one attached hydrogen (secondary N) is 1. The Morgan fingerprint density at radius 1 is 1.31 bits per heavy atom. The minimum atomic E-state index is -3.66. The van der Waals surface area contributed by atoms with Crippen molar-refractivity contribution in [2.24, 2.45) is 5.92 Å². The minimum absolute atomic E-state index is 0.218. The highest BCUT2D eigenvalue weighted by molar-refractivity contribution is 7.92. The molecular formula is C21H28N2O4S2. The minimum Gasteiger partial charge on any atom is -0.493 e. The van der Waals surface area contributed by atoms with E-state index in [1.807, 2.05) is 24.3 Å². The summed E-state index contributed by atoms with van der Waals surface area (Å²) in [4.78, 5) is 17.1. The lowest BCUT2D eigenvalue weighted by atomic mass is 10.0. The predicted molar refractivity (Wildman–Crippen MR) is 115 cm³/mol. The van der Waals surface area contributed by atoms with Crippen LogP contribution in [-0.4, -0.2) is 31.2 Å². The van der Waals surface area contributed by atoms with Gasteiger partial charge in [0, 0.05) is 17.4 Å². The third-order valence-electron chi connectivity index (χ3n) is 5.07. The van der Waals surface area contributed by atoms with Gasteiger partial charge < -0.3 is 10.1 Å². The van der Waals surface area contributed by atoms with Crippen LogP contribution in [0.25, 0.3) is 0 Å². The van der Waals surface area contributed by atoms with Crippen LogP contribution >= 0.6 is 11.3 Å². The Balaban J connectivity index is 1.63. The van der Waals surface area contributed by atoms with Crippen LogP contribution in [-0.2, 0) is 26.8 Å². The van der Waals surface area contributed by atoms with Crippen LogP contribution < -0.4 is 10.1 Å². The molecule has 0 radical (unpaired) electrons. The zero-order chi connectivity index (χ0) is 21.0. The second kappa shape index (κ2) is 9.26. The van der Waals surface area contributed by atoms with Crippen LogP contribution in [0, 0.1) is 5.92 Å². The monoisotopic (exact) mass is 436 g/mol. The molecule has 0 aliphatic carbocycles. The lowest BCUT2D eigenvalue weighted by molar-refractivity contribution is -0.121. The predicted octanol–water partition coefficient (Wildman–Crippen LogP) is 3.68. The van der Waals surface area contributed by atoms with Gasteiger partial charge in [0.05, 0.1) is 29.1 Å². The molecule has 2 heterocycles. The number of aromatic nitrogens is 1. The summed E-state index contributed by atoms with van der Waals surface area (Å²) in [6.45, 7) is 6.23. The van der Waals surface area contributed by atoms with Crippen molar-refractivity contribution < 1.29 is 17.9 Å². The zero-order valence-electron chi connectivity index (χ0n) is 17.1. The Hall–Kier alpha value is -1.93. The Morgan fingerprint density at radius 3 is 2.83 bits per heavy atom. The maximum atomic E-state index is 12.8. The lowest BCUT2D eigenvalue weighted by Gasteiger charge is -2.27. The molecule has 1 N–H and O–H groups in total. The topological polar surface area (TPSA) is 85.4 Å². The fourth-order valence-electron chi connectivity index (χ4n) is 3.22. The van der Waals surface area contributed by atoms with Crippen LogP contribution in [0.1, 0.15) is 55.9 Å². The first-order chi connectivity index (χ1) is 13.8. The highest BCUT2D eigenvalue weighted by Gasteiger charge is 2.32. The maximum absolute atomic E-state index is 12.8. The molecule has 1 aromatic carbocycles. The van der Waals surface area contributed by atoms with Gasteiger partial charge >= 0.3 is 0 Å². The van der Waals surface area contributed by atoms with E-state index in [0.29, 0.717) is 24.6 Å². The summed E-state index contributed by atoms with van der Waals surface area (Å²) in [5, 5.41) is 4.48. The molecule has 2 unspecified atom stereocenters. The summed E-state index contributed by atoms with van der Waals surface area (Å²) in [5.41, 5.74) is 1.40. The van der Waals surface area contributed by atoms with Gasteiger partial charge in [0.15, 0.2) is 9.84 Å². The molecule has 158 valence electrons. The Labute approximate surface area is 176 Å². The first kappa shape index (κ1) is 21.8. The average Bonchev–Trinajstić information content (AvgIpc) is 3.12. The van der Waals surface area contributed by atoms with Gasteiger partial charge in [-0.1, -0.05) is 32.0 Å². The number of hydrogen-bond donors (Lipinski definition) is 1. The SMILES string of the molecule is CC(C)CCc1nc(CS(=O)(=O)C(C)C(=O)NC2CCOc3ccccc32)cs1. The van der Waals surface area contributed by atoms with Crippen molar-refractivity contribution in [1.29, 1.82) is 0 Å². The molecule has 1 aliphatic heterocycles. The van der Waals surface area contributed by atoms with E-state index < -0.39 is 21.0 Å². The zero-order valence-corrected chi connectivity index (χ0v) is 18.7. The van der Waals surface area contributed by atoms with Gasteiger partial charge in [-0.3, -0.25) is 4.79 Å². The van der Waals surface area contributed by atoms with Crippen molar-refractivity contribution in [2.75, 3.05) is 6.61 Å². The number of thiazole rings is 1. The van der Waals surface area contributed by atoms with Crippen molar-refractivity contribution in [3.05, 3.63) is 45.9 Å². The second-order valence-electron chi connectivity index (χ2n) is 7.85. The molecule has 2 aromatic rings. The van der Waals surface area contributed by atoms with Crippen molar-refractivity contribution in [2.45, 2.75) is 57.1 Å². The summed E-state index contributed by atoms with van der Waals surface area (Å²) in [7, 11) is -3.66. The van der Waals surface area contributed by atoms with Gasteiger partial charge in [-0.15, -0.1) is 11.3 Å². The molecule has 1 amide bonds. The first-order valence-corrected chi connectivity index (χ1v) is 12.5. The smallest absolute Gasteiger partial charge is 0.238 e. The number of hydrogen-bond acceptors (Lipinski definition) is 6. The molecule has 3 rings (SSSR count). The number of aryl methyl sites for hydroxylation is 1. The second-order valence-corrected chi connectivity index (χ2v) is 11.1. The number of para-hydroxylation sites is 1. The van der Waals surface area contributed by atoms with E-state index in [9.17, 15) is 13.2 Å². The number of amides is 1.